The van der Waals surface area contributed by atoms with Crippen molar-refractivity contribution in [2.75, 3.05) is 0 Å². The van der Waals surface area contributed by atoms with Crippen LogP contribution in [0.15, 0.2) is 30.3 Å². The lowest BCUT2D eigenvalue weighted by atomic mass is 9.97. The van der Waals surface area contributed by atoms with Gasteiger partial charge >= 0.3 is 11.9 Å². The number of hydrogen-bond acceptors (Lipinski definition) is 4. The first kappa shape index (κ1) is 12.5. The second kappa shape index (κ2) is 4.37. The molecule has 19 heavy (non-hydrogen) atoms. The Balaban J connectivity index is 3.04. The fraction of sp³-hybridized carbons (Fsp3) is 0. The molecule has 7 nitrogen and oxygen atoms in total. The normalized spacial score (nSPS) is 10.3. The summed E-state index contributed by atoms with van der Waals surface area (Å²) in [5, 5.41) is 29.5. The number of benzene rings is 2. The first-order chi connectivity index (χ1) is 8.93. The van der Waals surface area contributed by atoms with Crippen LogP contribution in [0.25, 0.3) is 10.8 Å². The fourth-order valence-electron chi connectivity index (χ4n) is 1.92. The minimum absolute atomic E-state index is 0.151. The summed E-state index contributed by atoms with van der Waals surface area (Å²) in [6.07, 6.45) is 0. The van der Waals surface area contributed by atoms with Crippen LogP contribution in [-0.4, -0.2) is 27.1 Å². The minimum atomic E-state index is -1.64. The summed E-state index contributed by atoms with van der Waals surface area (Å²) in [5.41, 5.74) is -2.11. The van der Waals surface area contributed by atoms with Gasteiger partial charge in [0.15, 0.2) is 5.56 Å². The predicted molar refractivity (Wildman–Crippen MR) is 64.5 cm³/mol. The van der Waals surface area contributed by atoms with Gasteiger partial charge in [0.05, 0.1) is 10.5 Å². The van der Waals surface area contributed by atoms with Crippen molar-refractivity contribution in [1.82, 2.24) is 0 Å². The predicted octanol–water partition coefficient (Wildman–Crippen LogP) is 2.14. The summed E-state index contributed by atoms with van der Waals surface area (Å²) in [5.74, 6) is -3.16. The molecule has 0 amide bonds. The Bertz CT molecular complexity index is 721. The van der Waals surface area contributed by atoms with Gasteiger partial charge in [-0.1, -0.05) is 24.3 Å². The number of nitro benzene ring substituents is 1. The van der Waals surface area contributed by atoms with Crippen LogP contribution in [0, 0.1) is 10.1 Å². The standard InChI is InChI=1S/C12H7NO6/c14-11(15)9-7-4-2-1-3-6(7)5-8(13(18)19)10(9)12(16)17/h1-5H,(H,14,15)(H,16,17). The maximum absolute atomic E-state index is 11.2. The number of hydrogen-bond donors (Lipinski definition) is 2. The van der Waals surface area contributed by atoms with Crippen LogP contribution >= 0.6 is 0 Å². The zero-order chi connectivity index (χ0) is 14.2. The molecule has 0 heterocycles. The Morgan fingerprint density at radius 2 is 1.63 bits per heavy atom. The molecule has 0 spiro atoms. The summed E-state index contributed by atoms with van der Waals surface area (Å²) in [7, 11) is 0. The highest BCUT2D eigenvalue weighted by Crippen LogP contribution is 2.31. The first-order valence-electron chi connectivity index (χ1n) is 5.10. The summed E-state index contributed by atoms with van der Waals surface area (Å²) in [6.45, 7) is 0. The van der Waals surface area contributed by atoms with E-state index >= 15 is 0 Å². The molecule has 0 aromatic heterocycles. The third kappa shape index (κ3) is 1.97. The van der Waals surface area contributed by atoms with Gasteiger partial charge in [-0.15, -0.1) is 0 Å². The highest BCUT2D eigenvalue weighted by molar-refractivity contribution is 6.14. The van der Waals surface area contributed by atoms with Crippen molar-refractivity contribution in [3.05, 3.63) is 51.6 Å². The van der Waals surface area contributed by atoms with Crippen molar-refractivity contribution in [3.8, 4) is 0 Å². The van der Waals surface area contributed by atoms with E-state index in [1.165, 1.54) is 18.2 Å². The molecule has 0 fully saturated rings. The molecule has 0 aliphatic rings. The van der Waals surface area contributed by atoms with E-state index in [1.54, 1.807) is 6.07 Å². The molecule has 0 saturated carbocycles. The summed E-state index contributed by atoms with van der Waals surface area (Å²) >= 11 is 0. The highest BCUT2D eigenvalue weighted by Gasteiger charge is 2.29. The lowest BCUT2D eigenvalue weighted by Crippen LogP contribution is -2.12. The zero-order valence-electron chi connectivity index (χ0n) is 9.36. The van der Waals surface area contributed by atoms with Crippen LogP contribution in [0.1, 0.15) is 20.7 Å². The van der Waals surface area contributed by atoms with Crippen molar-refractivity contribution >= 4 is 28.4 Å². The Labute approximate surface area is 105 Å². The van der Waals surface area contributed by atoms with Crippen LogP contribution in [0.3, 0.4) is 0 Å². The van der Waals surface area contributed by atoms with Gasteiger partial charge in [0.2, 0.25) is 0 Å². The largest absolute Gasteiger partial charge is 0.478 e. The van der Waals surface area contributed by atoms with Gasteiger partial charge in [-0.25, -0.2) is 9.59 Å². The molecule has 0 atom stereocenters. The lowest BCUT2D eigenvalue weighted by molar-refractivity contribution is -0.385. The smallest absolute Gasteiger partial charge is 0.343 e. The molecular formula is C12H7NO6. The van der Waals surface area contributed by atoms with E-state index in [9.17, 15) is 19.7 Å². The summed E-state index contributed by atoms with van der Waals surface area (Å²) in [4.78, 5) is 32.4. The van der Waals surface area contributed by atoms with Gasteiger partial charge < -0.3 is 10.2 Å². The number of nitrogens with zero attached hydrogens (tertiary/aromatic N) is 1. The monoisotopic (exact) mass is 261 g/mol. The zero-order valence-corrected chi connectivity index (χ0v) is 9.36. The van der Waals surface area contributed by atoms with Crippen LogP contribution in [0.4, 0.5) is 5.69 Å². The number of aromatic carboxylic acids is 2. The van der Waals surface area contributed by atoms with Crippen LogP contribution in [0.2, 0.25) is 0 Å². The molecule has 2 N–H and O–H groups in total. The lowest BCUT2D eigenvalue weighted by Gasteiger charge is -2.07. The Morgan fingerprint density at radius 1 is 1.05 bits per heavy atom. The van der Waals surface area contributed by atoms with E-state index in [0.717, 1.165) is 6.07 Å². The molecule has 0 radical (unpaired) electrons. The Kier molecular flexibility index (Phi) is 2.88. The molecule has 0 bridgehead atoms. The minimum Gasteiger partial charge on any atom is -0.478 e. The maximum atomic E-state index is 11.2. The van der Waals surface area contributed by atoms with Crippen molar-refractivity contribution < 1.29 is 24.7 Å². The maximum Gasteiger partial charge on any atom is 0.343 e. The molecule has 0 saturated heterocycles. The van der Waals surface area contributed by atoms with E-state index in [1.807, 2.05) is 0 Å². The summed E-state index contributed by atoms with van der Waals surface area (Å²) < 4.78 is 0. The van der Waals surface area contributed by atoms with E-state index in [-0.39, 0.29) is 5.39 Å². The quantitative estimate of drug-likeness (QED) is 0.645. The Morgan fingerprint density at radius 3 is 2.16 bits per heavy atom. The van der Waals surface area contributed by atoms with Crippen molar-refractivity contribution in [3.63, 3.8) is 0 Å². The van der Waals surface area contributed by atoms with Gasteiger partial charge in [0, 0.05) is 6.07 Å². The number of carboxylic acids is 2. The van der Waals surface area contributed by atoms with Gasteiger partial charge in [0.25, 0.3) is 5.69 Å². The molecule has 7 heteroatoms. The van der Waals surface area contributed by atoms with Crippen LogP contribution < -0.4 is 0 Å². The fourth-order valence-corrected chi connectivity index (χ4v) is 1.92. The topological polar surface area (TPSA) is 118 Å². The number of carbonyl (C=O) groups is 2. The van der Waals surface area contributed by atoms with E-state index < -0.39 is 33.7 Å². The number of nitro groups is 1. The third-order valence-electron chi connectivity index (χ3n) is 2.65. The van der Waals surface area contributed by atoms with Gasteiger partial charge in [0.1, 0.15) is 0 Å². The molecule has 0 aliphatic heterocycles. The average Bonchev–Trinajstić information content (AvgIpc) is 2.35. The molecular weight excluding hydrogens is 254 g/mol. The first-order valence-corrected chi connectivity index (χ1v) is 5.10. The molecule has 0 unspecified atom stereocenters. The van der Waals surface area contributed by atoms with Gasteiger partial charge in [-0.2, -0.15) is 0 Å². The van der Waals surface area contributed by atoms with E-state index in [2.05, 4.69) is 0 Å². The molecule has 2 aromatic rings. The SMILES string of the molecule is O=C(O)c1c([N+](=O)[O-])cc2ccccc2c1C(=O)O. The number of carboxylic acid groups (broad SMARTS) is 2. The molecule has 2 rings (SSSR count). The molecule has 2 aromatic carbocycles. The van der Waals surface area contributed by atoms with Crippen molar-refractivity contribution in [2.24, 2.45) is 0 Å². The summed E-state index contributed by atoms with van der Waals surface area (Å²) in [6, 6.07) is 7.07. The number of rotatable bonds is 3. The second-order valence-corrected chi connectivity index (χ2v) is 3.73. The van der Waals surface area contributed by atoms with E-state index in [4.69, 9.17) is 10.2 Å². The van der Waals surface area contributed by atoms with Gasteiger partial charge in [-0.05, 0) is 10.8 Å². The van der Waals surface area contributed by atoms with Crippen LogP contribution in [0.5, 0.6) is 0 Å². The van der Waals surface area contributed by atoms with Crippen molar-refractivity contribution in [2.45, 2.75) is 0 Å². The average molecular weight is 261 g/mol. The van der Waals surface area contributed by atoms with Gasteiger partial charge in [-0.3, -0.25) is 10.1 Å². The molecule has 96 valence electrons. The number of fused-ring (bicyclic) bond motifs is 1. The van der Waals surface area contributed by atoms with E-state index in [0.29, 0.717) is 5.39 Å². The van der Waals surface area contributed by atoms with Crippen molar-refractivity contribution in [1.29, 1.82) is 0 Å². The third-order valence-corrected chi connectivity index (χ3v) is 2.65. The second-order valence-electron chi connectivity index (χ2n) is 3.73. The Hall–Kier alpha value is -2.96. The highest BCUT2D eigenvalue weighted by atomic mass is 16.6. The molecule has 0 aliphatic carbocycles. The van der Waals surface area contributed by atoms with Crippen LogP contribution in [-0.2, 0) is 0 Å².